The number of anilines is 2. The third-order valence-corrected chi connectivity index (χ3v) is 13.6. The number of benzene rings is 4. The Labute approximate surface area is 380 Å². The minimum Gasteiger partial charge on any atom is -0.395 e. The summed E-state index contributed by atoms with van der Waals surface area (Å²) in [6, 6.07) is 12.7. The summed E-state index contributed by atoms with van der Waals surface area (Å²) in [6.07, 6.45) is -0.670. The molecule has 0 heterocycles. The summed E-state index contributed by atoms with van der Waals surface area (Å²) in [7, 11) is -20.0. The van der Waals surface area contributed by atoms with E-state index in [1.807, 2.05) is 6.11 Å². The number of nitrogens with zero attached hydrogens (tertiary/aromatic N) is 7. The van der Waals surface area contributed by atoms with Crippen LogP contribution in [0.5, 0.6) is 0 Å². The number of thioether (sulfide) groups is 1. The smallest absolute Gasteiger partial charge is 0.395 e. The lowest BCUT2D eigenvalue weighted by Gasteiger charge is -2.17. The Morgan fingerprint density at radius 2 is 1.18 bits per heavy atom. The van der Waals surface area contributed by atoms with Gasteiger partial charge in [-0.1, -0.05) is 0 Å². The highest BCUT2D eigenvalue weighted by atomic mass is 32.3. The average Bonchev–Trinajstić information content (AvgIpc) is 3.21. The molecule has 4 aromatic carbocycles. The van der Waals surface area contributed by atoms with E-state index in [0.717, 1.165) is 48.2 Å². The molecule has 0 aliphatic heterocycles. The van der Waals surface area contributed by atoms with E-state index in [-0.39, 0.29) is 22.8 Å². The molecule has 66 heavy (non-hydrogen) atoms. The molecular formula is C33H35N9O18S6. The largest absolute Gasteiger partial charge is 0.433 e. The van der Waals surface area contributed by atoms with E-state index in [0.29, 0.717) is 11.0 Å². The number of rotatable bonds is 20. The van der Waals surface area contributed by atoms with Gasteiger partial charge >= 0.3 is 20.8 Å². The maximum Gasteiger partial charge on any atom is 0.433 e. The molecule has 0 fully saturated rings. The fourth-order valence-electron chi connectivity index (χ4n) is 4.88. The van der Waals surface area contributed by atoms with Crippen LogP contribution in [-0.4, -0.2) is 110 Å². The second-order valence-electron chi connectivity index (χ2n) is 12.9. The molecule has 27 nitrogen and oxygen atoms in total. The first kappa shape index (κ1) is 53.0. The van der Waals surface area contributed by atoms with Crippen molar-refractivity contribution in [1.82, 2.24) is 4.90 Å². The monoisotopic (exact) mass is 1040 g/mol. The van der Waals surface area contributed by atoms with E-state index >= 15 is 0 Å². The molecule has 0 spiro atoms. The van der Waals surface area contributed by atoms with Gasteiger partial charge in [0.25, 0.3) is 10.1 Å². The van der Waals surface area contributed by atoms with E-state index in [2.05, 4.69) is 49.3 Å². The Hall–Kier alpha value is -5.58. The highest BCUT2D eigenvalue weighted by molar-refractivity contribution is 8.04. The molecular weight excluding hydrogens is 1000 g/mol. The predicted octanol–water partition coefficient (Wildman–Crippen LogP) is 4.02. The van der Waals surface area contributed by atoms with Crippen molar-refractivity contribution in [2.75, 3.05) is 50.2 Å². The molecule has 0 atom stereocenters. The molecule has 0 radical (unpaired) electrons. The maximum absolute atomic E-state index is 13.0. The Balaban J connectivity index is 1.84. The molecule has 0 aliphatic rings. The summed E-state index contributed by atoms with van der Waals surface area (Å²) in [4.78, 5) is 4.22. The van der Waals surface area contributed by atoms with Crippen molar-refractivity contribution in [3.8, 4) is 11.4 Å². The van der Waals surface area contributed by atoms with Gasteiger partial charge in [-0.3, -0.25) is 18.5 Å². The van der Waals surface area contributed by atoms with Gasteiger partial charge in [0.2, 0.25) is 0 Å². The van der Waals surface area contributed by atoms with Crippen LogP contribution in [0, 0.1) is 11.4 Å². The van der Waals surface area contributed by atoms with Crippen molar-refractivity contribution in [1.29, 1.82) is 0 Å². The first-order valence-electron chi connectivity index (χ1n) is 17.5. The number of nitrogen functional groups attached to an aromatic ring is 2. The standard InChI is InChI=1S/C33H35N9O18S6/c1-42(2)13-17-62(45,46)24-11-12-25(26(19-24)64(49,50)51)38-40-31-27(33(43)44)30(39-36-20-3-7-22(8-4-20)61-16-14-58-60-66(55,56)57)28(34)32(29(31)35)41-37-21-5-9-23(10-6-21)63(47,48)18-15-59-65(52,53)54/h3-12,19,33,43-44H,13,15,17-18,34-35H2,1-2H3,(H,49,50,51)(H,52,53,54)(H,55,56,57). The molecule has 0 bridgehead atoms. The fourth-order valence-corrected chi connectivity index (χ4v) is 9.09. The normalized spacial score (nSPS) is 13.0. The van der Waals surface area contributed by atoms with Gasteiger partial charge in [-0.05, 0) is 96.9 Å². The summed E-state index contributed by atoms with van der Waals surface area (Å²) in [5.41, 5.74) is 8.68. The van der Waals surface area contributed by atoms with Crippen LogP contribution >= 0.6 is 11.8 Å². The first-order valence-corrected chi connectivity index (χ1v) is 25.8. The van der Waals surface area contributed by atoms with Crippen molar-refractivity contribution >= 4 is 108 Å². The topological polar surface area (TPSA) is 429 Å². The third kappa shape index (κ3) is 15.5. The van der Waals surface area contributed by atoms with Gasteiger partial charge in [-0.2, -0.15) is 35.5 Å². The Bertz CT molecular complexity index is 3180. The van der Waals surface area contributed by atoms with Gasteiger partial charge < -0.3 is 26.6 Å². The zero-order valence-electron chi connectivity index (χ0n) is 33.5. The van der Waals surface area contributed by atoms with E-state index in [9.17, 15) is 56.9 Å². The van der Waals surface area contributed by atoms with Crippen LogP contribution in [0.1, 0.15) is 11.9 Å². The molecule has 0 unspecified atom stereocenters. The average molecular weight is 1040 g/mol. The molecule has 356 valence electrons. The number of aliphatic hydroxyl groups excluding tert-OH is 1. The molecule has 33 heteroatoms. The van der Waals surface area contributed by atoms with Crippen molar-refractivity contribution in [3.05, 3.63) is 72.3 Å². The number of aliphatic hydroxyl groups is 2. The van der Waals surface area contributed by atoms with Crippen molar-refractivity contribution in [2.24, 2.45) is 30.7 Å². The van der Waals surface area contributed by atoms with Gasteiger partial charge in [-0.25, -0.2) is 21.0 Å². The number of azo groups is 3. The number of hydrogen-bond acceptors (Lipinski definition) is 25. The highest BCUT2D eigenvalue weighted by Crippen LogP contribution is 2.51. The highest BCUT2D eigenvalue weighted by Gasteiger charge is 2.27. The van der Waals surface area contributed by atoms with Gasteiger partial charge in [0.1, 0.15) is 27.6 Å². The van der Waals surface area contributed by atoms with E-state index in [1.54, 1.807) is 19.0 Å². The minimum atomic E-state index is -5.21. The zero-order valence-corrected chi connectivity index (χ0v) is 38.4. The third-order valence-electron chi connectivity index (χ3n) is 7.94. The van der Waals surface area contributed by atoms with E-state index < -0.39 is 124 Å². The summed E-state index contributed by atoms with van der Waals surface area (Å²) in [5, 5.41) is 47.4. The molecule has 4 aromatic rings. The van der Waals surface area contributed by atoms with Gasteiger partial charge in [0.15, 0.2) is 32.1 Å². The van der Waals surface area contributed by atoms with Gasteiger partial charge in [0.05, 0.1) is 56.2 Å². The first-order chi connectivity index (χ1) is 30.6. The van der Waals surface area contributed by atoms with Crippen LogP contribution < -0.4 is 11.5 Å². The number of sulfone groups is 2. The number of hydrogen-bond donors (Lipinski definition) is 7. The molecule has 0 saturated heterocycles. The van der Waals surface area contributed by atoms with E-state index in [4.69, 9.17) is 20.6 Å². The van der Waals surface area contributed by atoms with Gasteiger partial charge in [0, 0.05) is 16.7 Å². The van der Waals surface area contributed by atoms with Crippen LogP contribution in [0.4, 0.5) is 45.5 Å². The summed E-state index contributed by atoms with van der Waals surface area (Å²) >= 11 is 0.820. The van der Waals surface area contributed by atoms with Crippen LogP contribution in [0.2, 0.25) is 0 Å². The lowest BCUT2D eigenvalue weighted by Crippen LogP contribution is -2.22. The van der Waals surface area contributed by atoms with Crippen LogP contribution in [-0.2, 0) is 64.0 Å². The van der Waals surface area contributed by atoms with Gasteiger partial charge in [-0.15, -0.1) is 20.5 Å². The predicted molar refractivity (Wildman–Crippen MR) is 232 cm³/mol. The quantitative estimate of drug-likeness (QED) is 0.00960. The molecule has 0 amide bonds. The lowest BCUT2D eigenvalue weighted by atomic mass is 10.0. The molecule has 9 N–H and O–H groups in total. The van der Waals surface area contributed by atoms with E-state index in [1.165, 1.54) is 24.3 Å². The van der Waals surface area contributed by atoms with Crippen molar-refractivity contribution < 1.29 is 79.4 Å². The van der Waals surface area contributed by atoms with Crippen LogP contribution in [0.25, 0.3) is 0 Å². The second-order valence-corrected chi connectivity index (χ2v) is 21.5. The van der Waals surface area contributed by atoms with Crippen LogP contribution in [0.3, 0.4) is 0 Å². The maximum atomic E-state index is 13.0. The number of nitrogens with two attached hydrogens (primary N) is 2. The lowest BCUT2D eigenvalue weighted by molar-refractivity contribution is -0.135. The molecule has 0 saturated carbocycles. The fraction of sp³-hybridized carbons (Fsp3) is 0.212. The van der Waals surface area contributed by atoms with Crippen molar-refractivity contribution in [3.63, 3.8) is 0 Å². The summed E-state index contributed by atoms with van der Waals surface area (Å²) < 4.78 is 154. The van der Waals surface area contributed by atoms with Crippen LogP contribution in [0.15, 0.2) is 117 Å². The second kappa shape index (κ2) is 21.8. The Morgan fingerprint density at radius 3 is 1.70 bits per heavy atom. The molecule has 4 rings (SSSR count). The Morgan fingerprint density at radius 1 is 0.667 bits per heavy atom. The minimum absolute atomic E-state index is 0.0434. The Kier molecular flexibility index (Phi) is 17.5. The summed E-state index contributed by atoms with van der Waals surface area (Å²) in [6.45, 7) is -0.830. The SMILES string of the molecule is CN(C)CCS(=O)(=O)c1ccc(N=Nc2c(N)c(N=Nc3ccc(S(=O)(=O)CCOS(=O)(=O)O)cc3)c(N)c(N=Nc3ccc(SC#COOS(=O)(=O)O)cc3)c2C(O)O)c(S(=O)(=O)O)c1. The molecule has 0 aliphatic carbocycles. The molecule has 0 aromatic heterocycles. The summed E-state index contributed by atoms with van der Waals surface area (Å²) in [5.74, 6) is -1.27. The van der Waals surface area contributed by atoms with Crippen molar-refractivity contribution in [2.45, 2.75) is 25.9 Å². The zero-order chi connectivity index (χ0) is 49.3.